The van der Waals surface area contributed by atoms with E-state index in [1.54, 1.807) is 21.1 Å². The predicted octanol–water partition coefficient (Wildman–Crippen LogP) is 3.45. The van der Waals surface area contributed by atoms with Gasteiger partial charge in [0.05, 0.1) is 17.2 Å². The molecular formula is C18H29N3O3S. The van der Waals surface area contributed by atoms with Crippen molar-refractivity contribution in [1.82, 2.24) is 14.8 Å². The number of hydrogen-bond acceptors (Lipinski definition) is 5. The fourth-order valence-electron chi connectivity index (χ4n) is 2.93. The van der Waals surface area contributed by atoms with Crippen molar-refractivity contribution in [2.75, 3.05) is 13.1 Å². The molecule has 0 aliphatic carbocycles. The molecule has 1 fully saturated rings. The number of ether oxygens (including phenoxy) is 1. The van der Waals surface area contributed by atoms with Gasteiger partial charge < -0.3 is 14.5 Å². The van der Waals surface area contributed by atoms with E-state index in [1.807, 2.05) is 46.9 Å². The number of urea groups is 1. The van der Waals surface area contributed by atoms with Crippen LogP contribution in [0.25, 0.3) is 0 Å². The first-order valence-electron chi connectivity index (χ1n) is 8.81. The highest BCUT2D eigenvalue weighted by Gasteiger charge is 2.41. The van der Waals surface area contributed by atoms with Crippen molar-refractivity contribution in [2.45, 2.75) is 66.2 Å². The fraction of sp³-hybridized carbons (Fsp3) is 0.722. The molecule has 2 atom stereocenters. The van der Waals surface area contributed by atoms with Gasteiger partial charge in [-0.1, -0.05) is 20.3 Å². The number of amides is 2. The lowest BCUT2D eigenvalue weighted by Crippen LogP contribution is -2.49. The normalized spacial score (nSPS) is 17.8. The molecule has 6 nitrogen and oxygen atoms in total. The number of nitrogens with zero attached hydrogens (tertiary/aromatic N) is 3. The van der Waals surface area contributed by atoms with Gasteiger partial charge in [0.2, 0.25) is 0 Å². The van der Waals surface area contributed by atoms with Gasteiger partial charge in [-0.3, -0.25) is 0 Å². The second kappa shape index (κ2) is 7.72. The fourth-order valence-corrected chi connectivity index (χ4v) is 3.54. The largest absolute Gasteiger partial charge is 0.458 e. The summed E-state index contributed by atoms with van der Waals surface area (Å²) >= 11 is 1.58. The topological polar surface area (TPSA) is 62.7 Å². The molecule has 0 spiro atoms. The van der Waals surface area contributed by atoms with Crippen LogP contribution in [-0.2, 0) is 16.1 Å². The Morgan fingerprint density at radius 1 is 1.40 bits per heavy atom. The first kappa shape index (κ1) is 19.7. The van der Waals surface area contributed by atoms with E-state index in [9.17, 15) is 9.59 Å². The lowest BCUT2D eigenvalue weighted by Gasteiger charge is -2.32. The van der Waals surface area contributed by atoms with Crippen LogP contribution in [0.1, 0.15) is 51.7 Å². The van der Waals surface area contributed by atoms with Gasteiger partial charge in [0, 0.05) is 18.5 Å². The molecule has 0 radical (unpaired) electrons. The summed E-state index contributed by atoms with van der Waals surface area (Å²) in [5.41, 5.74) is 0.332. The lowest BCUT2D eigenvalue weighted by atomic mass is 9.97. The van der Waals surface area contributed by atoms with Crippen molar-refractivity contribution in [3.05, 3.63) is 16.1 Å². The molecule has 0 unspecified atom stereocenters. The van der Waals surface area contributed by atoms with Crippen molar-refractivity contribution in [3.8, 4) is 0 Å². The maximum Gasteiger partial charge on any atom is 0.329 e. The standard InChI is InChI=1S/C18H29N3O3S/c1-7-12(2)15(16(22)24-18(4,5)6)21-9-8-20(17(21)23)10-14-11-25-13(3)19-14/h11-12,15H,7-10H2,1-6H3/t12-,15-/m0/s1. The first-order chi connectivity index (χ1) is 11.6. The van der Waals surface area contributed by atoms with Gasteiger partial charge in [-0.2, -0.15) is 0 Å². The zero-order chi connectivity index (χ0) is 18.8. The maximum atomic E-state index is 12.9. The van der Waals surface area contributed by atoms with Crippen LogP contribution in [0.3, 0.4) is 0 Å². The first-order valence-corrected chi connectivity index (χ1v) is 9.69. The average molecular weight is 368 g/mol. The minimum absolute atomic E-state index is 0.0419. The highest BCUT2D eigenvalue weighted by molar-refractivity contribution is 7.09. The summed E-state index contributed by atoms with van der Waals surface area (Å²) < 4.78 is 5.58. The van der Waals surface area contributed by atoms with Crippen LogP contribution in [0, 0.1) is 12.8 Å². The third-order valence-corrected chi connectivity index (χ3v) is 5.14. The van der Waals surface area contributed by atoms with Crippen LogP contribution in [-0.4, -0.2) is 51.5 Å². The summed E-state index contributed by atoms with van der Waals surface area (Å²) in [6, 6.07) is -0.652. The molecule has 1 aromatic rings. The second-order valence-corrected chi connectivity index (χ2v) is 8.68. The van der Waals surface area contributed by atoms with E-state index in [-0.39, 0.29) is 17.9 Å². The lowest BCUT2D eigenvalue weighted by molar-refractivity contribution is -0.162. The maximum absolute atomic E-state index is 12.9. The Balaban J connectivity index is 2.12. The minimum atomic E-state index is -0.566. The second-order valence-electron chi connectivity index (χ2n) is 7.62. The van der Waals surface area contributed by atoms with Gasteiger partial charge in [-0.25, -0.2) is 14.6 Å². The zero-order valence-electron chi connectivity index (χ0n) is 16.0. The van der Waals surface area contributed by atoms with Crippen LogP contribution in [0.15, 0.2) is 5.38 Å². The molecule has 0 aromatic carbocycles. The van der Waals surface area contributed by atoms with Crippen molar-refractivity contribution in [1.29, 1.82) is 0 Å². The molecule has 0 bridgehead atoms. The molecule has 2 amide bonds. The molecule has 0 N–H and O–H groups in total. The van der Waals surface area contributed by atoms with Gasteiger partial charge >= 0.3 is 12.0 Å². The molecule has 7 heteroatoms. The van der Waals surface area contributed by atoms with Crippen molar-refractivity contribution in [2.24, 2.45) is 5.92 Å². The van der Waals surface area contributed by atoms with E-state index in [4.69, 9.17) is 4.74 Å². The Morgan fingerprint density at radius 3 is 2.60 bits per heavy atom. The van der Waals surface area contributed by atoms with Gasteiger partial charge in [0.15, 0.2) is 0 Å². The number of aromatic nitrogens is 1. The molecule has 25 heavy (non-hydrogen) atoms. The molecule has 0 saturated carbocycles. The molecule has 2 heterocycles. The van der Waals surface area contributed by atoms with Crippen molar-refractivity contribution in [3.63, 3.8) is 0 Å². The number of esters is 1. The molecule has 1 saturated heterocycles. The number of rotatable bonds is 6. The van der Waals surface area contributed by atoms with E-state index in [0.717, 1.165) is 17.1 Å². The zero-order valence-corrected chi connectivity index (χ0v) is 16.9. The Hall–Kier alpha value is -1.63. The van der Waals surface area contributed by atoms with Gasteiger partial charge in [-0.15, -0.1) is 11.3 Å². The summed E-state index contributed by atoms with van der Waals surface area (Å²) in [6.07, 6.45) is 0.805. The molecule has 1 aliphatic heterocycles. The van der Waals surface area contributed by atoms with Crippen LogP contribution in [0.2, 0.25) is 0 Å². The van der Waals surface area contributed by atoms with Gasteiger partial charge in [-0.05, 0) is 33.6 Å². The van der Waals surface area contributed by atoms with Crippen LogP contribution < -0.4 is 0 Å². The van der Waals surface area contributed by atoms with Crippen LogP contribution >= 0.6 is 11.3 Å². The number of carbonyl (C=O) groups excluding carboxylic acids is 2. The Bertz CT molecular complexity index is 623. The highest BCUT2D eigenvalue weighted by Crippen LogP contribution is 2.24. The van der Waals surface area contributed by atoms with Gasteiger partial charge in [0.25, 0.3) is 0 Å². The minimum Gasteiger partial charge on any atom is -0.458 e. The van der Waals surface area contributed by atoms with Crippen LogP contribution in [0.4, 0.5) is 4.79 Å². The Kier molecular flexibility index (Phi) is 6.08. The summed E-state index contributed by atoms with van der Waals surface area (Å²) in [5, 5.41) is 2.97. The highest BCUT2D eigenvalue weighted by atomic mass is 32.1. The third kappa shape index (κ3) is 4.93. The van der Waals surface area contributed by atoms with Crippen molar-refractivity contribution >= 4 is 23.3 Å². The van der Waals surface area contributed by atoms with E-state index in [2.05, 4.69) is 4.98 Å². The van der Waals surface area contributed by atoms with Gasteiger partial charge in [0.1, 0.15) is 11.6 Å². The average Bonchev–Trinajstić information content (AvgIpc) is 3.06. The van der Waals surface area contributed by atoms with Crippen molar-refractivity contribution < 1.29 is 14.3 Å². The monoisotopic (exact) mass is 367 g/mol. The Labute approximate surface area is 154 Å². The molecule has 2 rings (SSSR count). The molecular weight excluding hydrogens is 338 g/mol. The van der Waals surface area contributed by atoms with E-state index in [0.29, 0.717) is 19.6 Å². The summed E-state index contributed by atoms with van der Waals surface area (Å²) in [7, 11) is 0. The Morgan fingerprint density at radius 2 is 2.08 bits per heavy atom. The molecule has 140 valence electrons. The predicted molar refractivity (Wildman–Crippen MR) is 98.5 cm³/mol. The smallest absolute Gasteiger partial charge is 0.329 e. The summed E-state index contributed by atoms with van der Waals surface area (Å²) in [6.45, 7) is 13.1. The quantitative estimate of drug-likeness (QED) is 0.723. The number of aryl methyl sites for hydroxylation is 1. The summed E-state index contributed by atoms with van der Waals surface area (Å²) in [4.78, 5) is 33.4. The molecule has 1 aromatic heterocycles. The summed E-state index contributed by atoms with van der Waals surface area (Å²) in [5.74, 6) is -0.276. The van der Waals surface area contributed by atoms with E-state index in [1.165, 1.54) is 0 Å². The number of thiazole rings is 1. The number of hydrogen-bond donors (Lipinski definition) is 0. The van der Waals surface area contributed by atoms with E-state index >= 15 is 0 Å². The molecule has 1 aliphatic rings. The SMILES string of the molecule is CC[C@H](C)[C@@H](C(=O)OC(C)(C)C)N1CCN(Cc2csc(C)n2)C1=O. The van der Waals surface area contributed by atoms with Crippen LogP contribution in [0.5, 0.6) is 0 Å². The number of carbonyl (C=O) groups is 2. The van der Waals surface area contributed by atoms with E-state index < -0.39 is 11.6 Å². The third-order valence-electron chi connectivity index (χ3n) is 4.31.